The van der Waals surface area contributed by atoms with Crippen LogP contribution in [0, 0.1) is 0 Å². The number of hydrogen-bond acceptors (Lipinski definition) is 0. The van der Waals surface area contributed by atoms with Crippen LogP contribution in [0.25, 0.3) is 154 Å². The first-order chi connectivity index (χ1) is 35.0. The third kappa shape index (κ3) is 5.49. The summed E-state index contributed by atoms with van der Waals surface area (Å²) in [4.78, 5) is 0. The van der Waals surface area contributed by atoms with Gasteiger partial charge in [-0.15, -0.1) is 0 Å². The summed E-state index contributed by atoms with van der Waals surface area (Å²) in [5.41, 5.74) is 12.9. The maximum absolute atomic E-state index is 14.5. The van der Waals surface area contributed by atoms with Crippen LogP contribution in [-0.4, -0.2) is 0 Å². The number of fused-ring (bicyclic) bond motifs is 10. The predicted octanol–water partition coefficient (Wildman–Crippen LogP) is 20.0. The lowest BCUT2D eigenvalue weighted by Gasteiger charge is -2.21. The second-order valence-corrected chi connectivity index (χ2v) is 19.1. The molecular formula is C66H34F6. The molecule has 0 bridgehead atoms. The molecule has 15 rings (SSSR count). The van der Waals surface area contributed by atoms with Gasteiger partial charge in [0.25, 0.3) is 0 Å². The Balaban J connectivity index is 1.06. The highest BCUT2D eigenvalue weighted by Crippen LogP contribution is 2.63. The molecule has 0 saturated heterocycles. The summed E-state index contributed by atoms with van der Waals surface area (Å²) in [6.45, 7) is 0. The van der Waals surface area contributed by atoms with Crippen LogP contribution in [0.3, 0.4) is 0 Å². The summed E-state index contributed by atoms with van der Waals surface area (Å²) in [6, 6.07) is 65.5. The molecule has 0 radical (unpaired) electrons. The molecule has 0 unspecified atom stereocenters. The summed E-state index contributed by atoms with van der Waals surface area (Å²) >= 11 is 0. The molecule has 0 heterocycles. The van der Waals surface area contributed by atoms with E-state index in [1.807, 2.05) is 72.8 Å². The smallest absolute Gasteiger partial charge is 0.166 e. The Bertz CT molecular complexity index is 4200. The molecule has 2 aliphatic carbocycles. The van der Waals surface area contributed by atoms with Crippen molar-refractivity contribution in [2.24, 2.45) is 0 Å². The van der Waals surface area contributed by atoms with Crippen molar-refractivity contribution in [2.75, 3.05) is 0 Å². The molecule has 0 fully saturated rings. The molecule has 0 aromatic heterocycles. The van der Waals surface area contributed by atoms with Crippen molar-refractivity contribution in [1.29, 1.82) is 0 Å². The van der Waals surface area contributed by atoms with E-state index in [0.29, 0.717) is 11.1 Å². The maximum Gasteiger partial charge on any atom is 0.416 e. The van der Waals surface area contributed by atoms with Crippen molar-refractivity contribution in [1.82, 2.24) is 0 Å². The zero-order valence-corrected chi connectivity index (χ0v) is 37.9. The molecule has 6 heteroatoms. The van der Waals surface area contributed by atoms with E-state index in [2.05, 4.69) is 84.9 Å². The first-order valence-corrected chi connectivity index (χ1v) is 23.9. The lowest BCUT2D eigenvalue weighted by Crippen LogP contribution is -2.04. The lowest BCUT2D eigenvalue weighted by atomic mass is 9.82. The monoisotopic (exact) mass is 940 g/mol. The molecule has 0 nitrogen and oxygen atoms in total. The quantitative estimate of drug-likeness (QED) is 0.0937. The molecule has 2 aliphatic rings. The summed E-state index contributed by atoms with van der Waals surface area (Å²) in [5.74, 6) is 0. The number of halogens is 6. The summed E-state index contributed by atoms with van der Waals surface area (Å²) < 4.78 is 87.1. The predicted molar refractivity (Wildman–Crippen MR) is 283 cm³/mol. The Labute approximate surface area is 408 Å². The van der Waals surface area contributed by atoms with E-state index in [1.54, 1.807) is 12.1 Å². The van der Waals surface area contributed by atoms with E-state index in [-0.39, 0.29) is 0 Å². The Morgan fingerprint density at radius 2 is 0.486 bits per heavy atom. The van der Waals surface area contributed by atoms with Gasteiger partial charge in [-0.2, -0.15) is 26.3 Å². The molecule has 340 valence electrons. The standard InChI is InChI=1S/C66H34F6/c67-65(68,69)39-19-11-17-37(33-39)55-43-23-9-7-21-41(43)53(35-13-3-1-4-14-35)61-49-29-25-45-46-26-30-50-60-52(32-28-48(58(46)60)47-27-31-51(63(55)61)59(49)57(45)47)64-56(38-18-12-20-40(34-38)66(70,71)72)44-24-10-8-22-42(44)54(62(50)64)36-15-5-2-6-16-36/h1-34H. The minimum absolute atomic E-state index is 0.495. The van der Waals surface area contributed by atoms with Gasteiger partial charge in [0.2, 0.25) is 0 Å². The average Bonchev–Trinajstić information content (AvgIpc) is 3.92. The number of hydrogen-bond donors (Lipinski definition) is 0. The Kier molecular flexibility index (Phi) is 8.23. The van der Waals surface area contributed by atoms with Gasteiger partial charge in [-0.3, -0.25) is 0 Å². The first kappa shape index (κ1) is 41.1. The molecule has 72 heavy (non-hydrogen) atoms. The highest BCUT2D eigenvalue weighted by molar-refractivity contribution is 6.42. The Morgan fingerprint density at radius 1 is 0.208 bits per heavy atom. The minimum atomic E-state index is -4.53. The van der Waals surface area contributed by atoms with Crippen LogP contribution in [0.1, 0.15) is 11.1 Å². The summed E-state index contributed by atoms with van der Waals surface area (Å²) in [5, 5.41) is 12.1. The van der Waals surface area contributed by atoms with Gasteiger partial charge in [0, 0.05) is 0 Å². The van der Waals surface area contributed by atoms with Crippen molar-refractivity contribution < 1.29 is 26.3 Å². The first-order valence-electron chi connectivity index (χ1n) is 23.9. The topological polar surface area (TPSA) is 0 Å². The van der Waals surface area contributed by atoms with Crippen LogP contribution in [-0.2, 0) is 12.4 Å². The molecule has 0 atom stereocenters. The second-order valence-electron chi connectivity index (χ2n) is 19.1. The van der Waals surface area contributed by atoms with E-state index in [4.69, 9.17) is 0 Å². The molecule has 0 N–H and O–H groups in total. The van der Waals surface area contributed by atoms with E-state index >= 15 is 0 Å². The highest BCUT2D eigenvalue weighted by atomic mass is 19.4. The van der Waals surface area contributed by atoms with Gasteiger partial charge in [0.15, 0.2) is 0 Å². The molecule has 13 aromatic rings. The fraction of sp³-hybridized carbons (Fsp3) is 0.0303. The van der Waals surface area contributed by atoms with Crippen LogP contribution >= 0.6 is 0 Å². The molecule has 0 spiro atoms. The van der Waals surface area contributed by atoms with Crippen LogP contribution in [0.2, 0.25) is 0 Å². The van der Waals surface area contributed by atoms with Gasteiger partial charge in [-0.1, -0.05) is 182 Å². The van der Waals surface area contributed by atoms with Gasteiger partial charge in [-0.25, -0.2) is 0 Å². The number of benzene rings is 13. The number of alkyl halides is 6. The van der Waals surface area contributed by atoms with Gasteiger partial charge < -0.3 is 0 Å². The van der Waals surface area contributed by atoms with Gasteiger partial charge in [-0.05, 0) is 178 Å². The van der Waals surface area contributed by atoms with E-state index < -0.39 is 23.5 Å². The van der Waals surface area contributed by atoms with Crippen molar-refractivity contribution in [3.63, 3.8) is 0 Å². The largest absolute Gasteiger partial charge is 0.416 e. The second kappa shape index (κ2) is 14.4. The van der Waals surface area contributed by atoms with Crippen molar-refractivity contribution in [3.05, 3.63) is 217 Å². The van der Waals surface area contributed by atoms with Crippen LogP contribution in [0.5, 0.6) is 0 Å². The average molecular weight is 941 g/mol. The molecule has 13 aromatic carbocycles. The highest BCUT2D eigenvalue weighted by Gasteiger charge is 2.37. The van der Waals surface area contributed by atoms with Crippen LogP contribution in [0.4, 0.5) is 26.3 Å². The lowest BCUT2D eigenvalue weighted by molar-refractivity contribution is -0.138. The molecular weight excluding hydrogens is 907 g/mol. The fourth-order valence-corrected chi connectivity index (χ4v) is 12.8. The fourth-order valence-electron chi connectivity index (χ4n) is 12.8. The number of rotatable bonds is 4. The Morgan fingerprint density at radius 3 is 0.792 bits per heavy atom. The van der Waals surface area contributed by atoms with E-state index in [0.717, 1.165) is 155 Å². The summed E-state index contributed by atoms with van der Waals surface area (Å²) in [7, 11) is 0. The summed E-state index contributed by atoms with van der Waals surface area (Å²) in [6.07, 6.45) is -9.06. The molecule has 0 aliphatic heterocycles. The zero-order chi connectivity index (χ0) is 48.4. The van der Waals surface area contributed by atoms with E-state index in [9.17, 15) is 26.3 Å². The SMILES string of the molecule is FC(F)(F)c1cccc(-c2c3c(c(-c4ccccc4)c4ccccc24)-c2ccc4c5ccc6c7c(ccc(c8ccc-3c2c48)c75)-c2c-6c(-c3ccccc3)c3ccccc3c2-c2cccc(C(F)(F)F)c2)c1. The van der Waals surface area contributed by atoms with Gasteiger partial charge >= 0.3 is 12.4 Å². The maximum atomic E-state index is 14.5. The zero-order valence-electron chi connectivity index (χ0n) is 37.9. The third-order valence-electron chi connectivity index (χ3n) is 15.5. The Hall–Kier alpha value is -8.74. The normalized spacial score (nSPS) is 12.9. The molecule has 0 amide bonds. The van der Waals surface area contributed by atoms with Crippen molar-refractivity contribution in [3.8, 4) is 89.0 Å². The van der Waals surface area contributed by atoms with Gasteiger partial charge in [0.05, 0.1) is 11.1 Å². The van der Waals surface area contributed by atoms with Gasteiger partial charge in [0.1, 0.15) is 0 Å². The van der Waals surface area contributed by atoms with Crippen LogP contribution < -0.4 is 0 Å². The molecule has 0 saturated carbocycles. The minimum Gasteiger partial charge on any atom is -0.166 e. The van der Waals surface area contributed by atoms with Crippen molar-refractivity contribution in [2.45, 2.75) is 12.4 Å². The van der Waals surface area contributed by atoms with E-state index in [1.165, 1.54) is 24.3 Å². The van der Waals surface area contributed by atoms with Crippen molar-refractivity contribution >= 4 is 64.6 Å². The van der Waals surface area contributed by atoms with Crippen LogP contribution in [0.15, 0.2) is 206 Å². The third-order valence-corrected chi connectivity index (χ3v) is 15.5.